The lowest BCUT2D eigenvalue weighted by Gasteiger charge is -2.25. The molecule has 1 rings (SSSR count). The maximum Gasteiger partial charge on any atom is 0.0296 e. The number of thiophene rings is 1. The molecule has 0 aliphatic rings. The van der Waals surface area contributed by atoms with Gasteiger partial charge in [0.05, 0.1) is 0 Å². The van der Waals surface area contributed by atoms with Crippen LogP contribution >= 0.6 is 11.3 Å². The molecule has 3 nitrogen and oxygen atoms in total. The van der Waals surface area contributed by atoms with Crippen molar-refractivity contribution in [2.45, 2.75) is 33.9 Å². The van der Waals surface area contributed by atoms with Gasteiger partial charge in [-0.15, -0.1) is 11.3 Å². The van der Waals surface area contributed by atoms with E-state index in [1.54, 1.807) is 0 Å². The van der Waals surface area contributed by atoms with E-state index in [-0.39, 0.29) is 0 Å². The Morgan fingerprint density at radius 3 is 2.50 bits per heavy atom. The minimum atomic E-state index is 0.716. The van der Waals surface area contributed by atoms with Crippen LogP contribution in [-0.2, 0) is 13.1 Å². The third-order valence-electron chi connectivity index (χ3n) is 3.30. The summed E-state index contributed by atoms with van der Waals surface area (Å²) in [6.07, 6.45) is 0. The lowest BCUT2D eigenvalue weighted by atomic mass is 10.1. The molecule has 1 aromatic heterocycles. The molecule has 0 atom stereocenters. The second-order valence-electron chi connectivity index (χ2n) is 6.26. The smallest absolute Gasteiger partial charge is 0.0296 e. The van der Waals surface area contributed by atoms with Crippen LogP contribution in [0.4, 0.5) is 0 Å². The van der Waals surface area contributed by atoms with Crippen LogP contribution in [0.2, 0.25) is 0 Å². The molecule has 0 radical (unpaired) electrons. The number of rotatable bonds is 9. The number of likely N-dealkylation sites (N-methyl/N-ethyl adjacent to an activating group) is 1. The molecule has 0 saturated heterocycles. The van der Waals surface area contributed by atoms with E-state index in [4.69, 9.17) is 0 Å². The van der Waals surface area contributed by atoms with Crippen molar-refractivity contribution in [3.63, 3.8) is 0 Å². The van der Waals surface area contributed by atoms with E-state index in [1.807, 2.05) is 18.4 Å². The van der Waals surface area contributed by atoms with E-state index in [1.165, 1.54) is 21.9 Å². The summed E-state index contributed by atoms with van der Waals surface area (Å²) >= 11 is 1.92. The van der Waals surface area contributed by atoms with E-state index in [9.17, 15) is 0 Å². The molecule has 1 aromatic rings. The molecule has 1 N–H and O–H groups in total. The van der Waals surface area contributed by atoms with E-state index >= 15 is 0 Å². The molecule has 0 aromatic carbocycles. The lowest BCUT2D eigenvalue weighted by molar-refractivity contribution is 0.211. The largest absolute Gasteiger partial charge is 0.315 e. The molecule has 0 aliphatic carbocycles. The predicted octanol–water partition coefficient (Wildman–Crippen LogP) is 2.80. The van der Waals surface area contributed by atoms with Crippen LogP contribution < -0.4 is 5.32 Å². The van der Waals surface area contributed by atoms with Gasteiger partial charge in [0.25, 0.3) is 0 Å². The van der Waals surface area contributed by atoms with Gasteiger partial charge in [-0.3, -0.25) is 4.90 Å². The standard InChI is InChI=1S/C16H31N3S/c1-13(2)11-19(8-7-18(5)6)12-15-9-16(10-17-4)20-14(15)3/h9,13,17H,7-8,10-12H2,1-6H3. The molecule has 116 valence electrons. The fourth-order valence-electron chi connectivity index (χ4n) is 2.34. The van der Waals surface area contributed by atoms with E-state index < -0.39 is 0 Å². The van der Waals surface area contributed by atoms with E-state index in [0.29, 0.717) is 5.92 Å². The quantitative estimate of drug-likeness (QED) is 0.756. The molecule has 0 saturated carbocycles. The van der Waals surface area contributed by atoms with Gasteiger partial charge in [0.1, 0.15) is 0 Å². The summed E-state index contributed by atoms with van der Waals surface area (Å²) in [5.41, 5.74) is 1.50. The second kappa shape index (κ2) is 8.78. The Morgan fingerprint density at radius 1 is 1.25 bits per heavy atom. The molecule has 0 fully saturated rings. The van der Waals surface area contributed by atoms with Gasteiger partial charge < -0.3 is 10.2 Å². The van der Waals surface area contributed by atoms with Crippen LogP contribution in [-0.4, -0.2) is 50.6 Å². The fraction of sp³-hybridized carbons (Fsp3) is 0.750. The monoisotopic (exact) mass is 297 g/mol. The second-order valence-corrected chi connectivity index (χ2v) is 7.60. The van der Waals surface area contributed by atoms with Gasteiger partial charge in [0, 0.05) is 42.5 Å². The zero-order valence-electron chi connectivity index (χ0n) is 14.0. The van der Waals surface area contributed by atoms with Gasteiger partial charge in [-0.1, -0.05) is 13.8 Å². The summed E-state index contributed by atoms with van der Waals surface area (Å²) in [6, 6.07) is 2.37. The third-order valence-corrected chi connectivity index (χ3v) is 4.40. The van der Waals surface area contributed by atoms with Crippen molar-refractivity contribution in [3.05, 3.63) is 21.4 Å². The average molecular weight is 298 g/mol. The van der Waals surface area contributed by atoms with Crippen molar-refractivity contribution >= 4 is 11.3 Å². The van der Waals surface area contributed by atoms with Crippen LogP contribution in [0.25, 0.3) is 0 Å². The number of nitrogens with one attached hydrogen (secondary N) is 1. The maximum atomic E-state index is 3.24. The summed E-state index contributed by atoms with van der Waals surface area (Å²) in [7, 11) is 6.31. The highest BCUT2D eigenvalue weighted by Crippen LogP contribution is 2.23. The van der Waals surface area contributed by atoms with Crippen molar-refractivity contribution in [2.24, 2.45) is 5.92 Å². The van der Waals surface area contributed by atoms with Crippen LogP contribution in [0.5, 0.6) is 0 Å². The summed E-state index contributed by atoms with van der Waals surface area (Å²) in [4.78, 5) is 7.76. The van der Waals surface area contributed by atoms with Crippen molar-refractivity contribution < 1.29 is 0 Å². The number of nitrogens with zero attached hydrogens (tertiary/aromatic N) is 2. The van der Waals surface area contributed by atoms with Gasteiger partial charge in [0.15, 0.2) is 0 Å². The summed E-state index contributed by atoms with van der Waals surface area (Å²) < 4.78 is 0. The van der Waals surface area contributed by atoms with Crippen molar-refractivity contribution in [3.8, 4) is 0 Å². The minimum Gasteiger partial charge on any atom is -0.315 e. The normalized spacial score (nSPS) is 12.1. The molecule has 1 heterocycles. The van der Waals surface area contributed by atoms with Crippen molar-refractivity contribution in [1.82, 2.24) is 15.1 Å². The minimum absolute atomic E-state index is 0.716. The highest BCUT2D eigenvalue weighted by atomic mass is 32.1. The first-order valence-corrected chi connectivity index (χ1v) is 8.34. The van der Waals surface area contributed by atoms with Crippen LogP contribution in [0.1, 0.15) is 29.2 Å². The Kier molecular flexibility index (Phi) is 7.74. The molecule has 0 aliphatic heterocycles. The SMILES string of the molecule is CNCc1cc(CN(CCN(C)C)CC(C)C)c(C)s1. The molecule has 0 bridgehead atoms. The van der Waals surface area contributed by atoms with Crippen molar-refractivity contribution in [1.29, 1.82) is 0 Å². The first-order chi connectivity index (χ1) is 9.42. The Hall–Kier alpha value is -0.420. The molecule has 20 heavy (non-hydrogen) atoms. The third kappa shape index (κ3) is 6.35. The van der Waals surface area contributed by atoms with E-state index in [2.05, 4.69) is 56.0 Å². The molecule has 0 unspecified atom stereocenters. The van der Waals surface area contributed by atoms with Gasteiger partial charge in [-0.05, 0) is 45.6 Å². The summed E-state index contributed by atoms with van der Waals surface area (Å²) in [5, 5.41) is 3.24. The Balaban J connectivity index is 2.67. The highest BCUT2D eigenvalue weighted by Gasteiger charge is 2.12. The van der Waals surface area contributed by atoms with Gasteiger partial charge in [-0.2, -0.15) is 0 Å². The predicted molar refractivity (Wildman–Crippen MR) is 90.5 cm³/mol. The molecular weight excluding hydrogens is 266 g/mol. The summed E-state index contributed by atoms with van der Waals surface area (Å²) in [6.45, 7) is 12.3. The highest BCUT2D eigenvalue weighted by molar-refractivity contribution is 7.12. The van der Waals surface area contributed by atoms with Crippen LogP contribution in [0.15, 0.2) is 6.07 Å². The first-order valence-electron chi connectivity index (χ1n) is 7.52. The zero-order chi connectivity index (χ0) is 15.1. The van der Waals surface area contributed by atoms with Crippen LogP contribution in [0.3, 0.4) is 0 Å². The topological polar surface area (TPSA) is 18.5 Å². The Labute approximate surface area is 129 Å². The first kappa shape index (κ1) is 17.6. The average Bonchev–Trinajstić information content (AvgIpc) is 2.66. The zero-order valence-corrected chi connectivity index (χ0v) is 14.8. The van der Waals surface area contributed by atoms with Gasteiger partial charge in [0.2, 0.25) is 0 Å². The molecule has 4 heteroatoms. The Bertz CT molecular complexity index is 385. The van der Waals surface area contributed by atoms with Gasteiger partial charge >= 0.3 is 0 Å². The number of hydrogen-bond donors (Lipinski definition) is 1. The Morgan fingerprint density at radius 2 is 1.95 bits per heavy atom. The molecular formula is C16H31N3S. The lowest BCUT2D eigenvalue weighted by Crippen LogP contribution is -2.34. The van der Waals surface area contributed by atoms with Crippen LogP contribution in [0, 0.1) is 12.8 Å². The van der Waals surface area contributed by atoms with E-state index in [0.717, 1.165) is 26.2 Å². The molecule has 0 spiro atoms. The van der Waals surface area contributed by atoms with Gasteiger partial charge in [-0.25, -0.2) is 0 Å². The summed E-state index contributed by atoms with van der Waals surface area (Å²) in [5.74, 6) is 0.716. The van der Waals surface area contributed by atoms with Crippen molar-refractivity contribution in [2.75, 3.05) is 40.8 Å². The fourth-order valence-corrected chi connectivity index (χ4v) is 3.41. The molecule has 0 amide bonds. The number of aryl methyl sites for hydroxylation is 1. The number of hydrogen-bond acceptors (Lipinski definition) is 4. The maximum absolute atomic E-state index is 3.24.